The average molecular weight is 357 g/mol. The molecule has 0 amide bonds. The third kappa shape index (κ3) is 4.84. The molecule has 0 radical (unpaired) electrons. The fourth-order valence-corrected chi connectivity index (χ4v) is 3.13. The number of pyridine rings is 1. The molecular formula is C19H20FN3OS. The van der Waals surface area contributed by atoms with Gasteiger partial charge in [0.25, 0.3) is 0 Å². The van der Waals surface area contributed by atoms with Crippen LogP contribution in [-0.2, 0) is 13.2 Å². The molecule has 0 bridgehead atoms. The van der Waals surface area contributed by atoms with Crippen molar-refractivity contribution >= 4 is 11.3 Å². The zero-order valence-electron chi connectivity index (χ0n) is 14.2. The predicted molar refractivity (Wildman–Crippen MR) is 97.0 cm³/mol. The molecule has 4 nitrogen and oxygen atoms in total. The van der Waals surface area contributed by atoms with Crippen molar-refractivity contribution in [2.45, 2.75) is 26.1 Å². The summed E-state index contributed by atoms with van der Waals surface area (Å²) in [6.07, 6.45) is 3.67. The number of rotatable bonds is 7. The molecule has 25 heavy (non-hydrogen) atoms. The lowest BCUT2D eigenvalue weighted by Crippen LogP contribution is -2.22. The van der Waals surface area contributed by atoms with Gasteiger partial charge in [0, 0.05) is 30.4 Å². The Labute approximate surface area is 150 Å². The van der Waals surface area contributed by atoms with Crippen LogP contribution in [0.4, 0.5) is 4.39 Å². The van der Waals surface area contributed by atoms with Gasteiger partial charge in [-0.25, -0.2) is 9.37 Å². The van der Waals surface area contributed by atoms with E-state index >= 15 is 0 Å². The van der Waals surface area contributed by atoms with Crippen molar-refractivity contribution in [3.8, 4) is 5.75 Å². The number of ether oxygens (including phenoxy) is 1. The van der Waals surface area contributed by atoms with Crippen LogP contribution < -0.4 is 4.74 Å². The second-order valence-corrected chi connectivity index (χ2v) is 6.80. The van der Waals surface area contributed by atoms with Crippen molar-refractivity contribution in [1.82, 2.24) is 14.9 Å². The van der Waals surface area contributed by atoms with Crippen LogP contribution in [0.5, 0.6) is 5.75 Å². The van der Waals surface area contributed by atoms with Gasteiger partial charge in [-0.05, 0) is 49.9 Å². The minimum absolute atomic E-state index is 0.259. The summed E-state index contributed by atoms with van der Waals surface area (Å²) in [5.41, 5.74) is 2.20. The van der Waals surface area contributed by atoms with Crippen molar-refractivity contribution < 1.29 is 9.13 Å². The standard InChI is InChI=1S/C19H20FN3OS/c1-14(15-4-3-9-21-10-15)23(2)11-17-13-25-19(22-17)12-24-18-7-5-16(20)6-8-18/h3-10,13-14H,11-12H2,1-2H3. The fourth-order valence-electron chi connectivity index (χ4n) is 2.43. The highest BCUT2D eigenvalue weighted by molar-refractivity contribution is 7.09. The maximum atomic E-state index is 12.9. The van der Waals surface area contributed by atoms with Gasteiger partial charge < -0.3 is 4.74 Å². The molecule has 6 heteroatoms. The van der Waals surface area contributed by atoms with Crippen LogP contribution in [0.1, 0.15) is 29.2 Å². The van der Waals surface area contributed by atoms with Crippen LogP contribution >= 0.6 is 11.3 Å². The van der Waals surface area contributed by atoms with E-state index in [0.29, 0.717) is 12.4 Å². The Bertz CT molecular complexity index is 792. The Morgan fingerprint density at radius 2 is 2.04 bits per heavy atom. The Morgan fingerprint density at radius 3 is 2.76 bits per heavy atom. The maximum Gasteiger partial charge on any atom is 0.140 e. The molecule has 3 rings (SSSR count). The van der Waals surface area contributed by atoms with Gasteiger partial charge in [-0.3, -0.25) is 9.88 Å². The highest BCUT2D eigenvalue weighted by atomic mass is 32.1. The summed E-state index contributed by atoms with van der Waals surface area (Å²) in [7, 11) is 2.08. The molecule has 1 aromatic carbocycles. The van der Waals surface area contributed by atoms with E-state index in [1.54, 1.807) is 29.7 Å². The summed E-state index contributed by atoms with van der Waals surface area (Å²) >= 11 is 1.57. The van der Waals surface area contributed by atoms with E-state index in [1.165, 1.54) is 17.7 Å². The summed E-state index contributed by atoms with van der Waals surface area (Å²) in [5, 5.41) is 2.96. The molecule has 3 aromatic rings. The van der Waals surface area contributed by atoms with Gasteiger partial charge in [-0.15, -0.1) is 11.3 Å². The van der Waals surface area contributed by atoms with Crippen molar-refractivity contribution in [1.29, 1.82) is 0 Å². The third-order valence-electron chi connectivity index (χ3n) is 4.01. The van der Waals surface area contributed by atoms with Crippen molar-refractivity contribution in [2.75, 3.05) is 7.05 Å². The van der Waals surface area contributed by atoms with Crippen molar-refractivity contribution in [3.63, 3.8) is 0 Å². The topological polar surface area (TPSA) is 38.2 Å². The number of hydrogen-bond donors (Lipinski definition) is 0. The number of thiazole rings is 1. The zero-order valence-corrected chi connectivity index (χ0v) is 15.0. The Morgan fingerprint density at radius 1 is 1.24 bits per heavy atom. The van der Waals surface area contributed by atoms with Gasteiger partial charge in [0.15, 0.2) is 0 Å². The van der Waals surface area contributed by atoms with Crippen molar-refractivity contribution in [3.05, 3.63) is 76.3 Å². The summed E-state index contributed by atoms with van der Waals surface area (Å²) in [6, 6.07) is 10.3. The van der Waals surface area contributed by atoms with E-state index in [4.69, 9.17) is 4.74 Å². The lowest BCUT2D eigenvalue weighted by molar-refractivity contribution is 0.249. The molecule has 0 N–H and O–H groups in total. The summed E-state index contributed by atoms with van der Waals surface area (Å²) in [6.45, 7) is 3.29. The van der Waals surface area contributed by atoms with E-state index in [9.17, 15) is 4.39 Å². The van der Waals surface area contributed by atoms with Crippen LogP contribution in [0.25, 0.3) is 0 Å². The molecule has 0 fully saturated rings. The van der Waals surface area contributed by atoms with E-state index in [0.717, 1.165) is 17.2 Å². The third-order valence-corrected chi connectivity index (χ3v) is 4.89. The monoisotopic (exact) mass is 357 g/mol. The first-order valence-electron chi connectivity index (χ1n) is 8.03. The number of halogens is 1. The van der Waals surface area contributed by atoms with Gasteiger partial charge in [0.05, 0.1) is 5.69 Å². The van der Waals surface area contributed by atoms with Crippen LogP contribution in [-0.4, -0.2) is 21.9 Å². The molecule has 0 saturated carbocycles. The van der Waals surface area contributed by atoms with Gasteiger partial charge in [-0.1, -0.05) is 6.07 Å². The molecule has 1 unspecified atom stereocenters. The number of nitrogens with zero attached hydrogens (tertiary/aromatic N) is 3. The largest absolute Gasteiger partial charge is 0.486 e. The van der Waals surface area contributed by atoms with E-state index in [1.807, 2.05) is 12.3 Å². The van der Waals surface area contributed by atoms with Gasteiger partial charge in [0.2, 0.25) is 0 Å². The molecule has 1 atom stereocenters. The molecule has 0 aliphatic heterocycles. The molecule has 2 heterocycles. The first kappa shape index (κ1) is 17.5. The van der Waals surface area contributed by atoms with Crippen molar-refractivity contribution in [2.24, 2.45) is 0 Å². The lowest BCUT2D eigenvalue weighted by Gasteiger charge is -2.23. The summed E-state index contributed by atoms with van der Waals surface area (Å²) in [4.78, 5) is 11.0. The molecule has 0 saturated heterocycles. The fraction of sp³-hybridized carbons (Fsp3) is 0.263. The summed E-state index contributed by atoms with van der Waals surface area (Å²) < 4.78 is 18.5. The number of hydrogen-bond acceptors (Lipinski definition) is 5. The smallest absolute Gasteiger partial charge is 0.140 e. The minimum atomic E-state index is -0.269. The Kier molecular flexibility index (Phi) is 5.73. The highest BCUT2D eigenvalue weighted by Crippen LogP contribution is 2.21. The van der Waals surface area contributed by atoms with Gasteiger partial charge in [0.1, 0.15) is 23.2 Å². The second kappa shape index (κ2) is 8.18. The van der Waals surface area contributed by atoms with Gasteiger partial charge in [-0.2, -0.15) is 0 Å². The van der Waals surface area contributed by atoms with Crippen LogP contribution in [0.3, 0.4) is 0 Å². The quantitative estimate of drug-likeness (QED) is 0.626. The van der Waals surface area contributed by atoms with Gasteiger partial charge >= 0.3 is 0 Å². The average Bonchev–Trinajstić information content (AvgIpc) is 3.08. The van der Waals surface area contributed by atoms with Crippen LogP contribution in [0.2, 0.25) is 0 Å². The molecular weight excluding hydrogens is 337 g/mol. The Balaban J connectivity index is 1.55. The van der Waals surface area contributed by atoms with E-state index < -0.39 is 0 Å². The Hall–Kier alpha value is -2.31. The molecule has 2 aromatic heterocycles. The number of aromatic nitrogens is 2. The van der Waals surface area contributed by atoms with Crippen LogP contribution in [0, 0.1) is 5.82 Å². The summed E-state index contributed by atoms with van der Waals surface area (Å²) in [5.74, 6) is 0.370. The normalized spacial score (nSPS) is 12.3. The van der Waals surface area contributed by atoms with E-state index in [-0.39, 0.29) is 11.9 Å². The molecule has 0 spiro atoms. The molecule has 130 valence electrons. The first-order chi connectivity index (χ1) is 12.1. The lowest BCUT2D eigenvalue weighted by atomic mass is 10.1. The highest BCUT2D eigenvalue weighted by Gasteiger charge is 2.13. The predicted octanol–water partition coefficient (Wildman–Crippen LogP) is 4.45. The zero-order chi connectivity index (χ0) is 17.6. The molecule has 0 aliphatic rings. The number of benzene rings is 1. The second-order valence-electron chi connectivity index (χ2n) is 5.85. The van der Waals surface area contributed by atoms with Crippen LogP contribution in [0.15, 0.2) is 54.2 Å². The SMILES string of the molecule is CC(c1cccnc1)N(C)Cc1csc(COc2ccc(F)cc2)n1. The first-order valence-corrected chi connectivity index (χ1v) is 8.91. The van der Waals surface area contributed by atoms with E-state index in [2.05, 4.69) is 40.3 Å². The maximum absolute atomic E-state index is 12.9. The molecule has 0 aliphatic carbocycles. The minimum Gasteiger partial charge on any atom is -0.486 e.